The van der Waals surface area contributed by atoms with E-state index in [9.17, 15) is 4.79 Å². The fourth-order valence-corrected chi connectivity index (χ4v) is 2.68. The number of aryl methyl sites for hydroxylation is 1. The van der Waals surface area contributed by atoms with Gasteiger partial charge in [-0.2, -0.15) is 0 Å². The van der Waals surface area contributed by atoms with Crippen LogP contribution in [0.15, 0.2) is 18.2 Å². The molecule has 1 aliphatic rings. The average molecular weight is 276 g/mol. The Bertz CT molecular complexity index is 466. The number of hydrogen-bond donors (Lipinski definition) is 0. The van der Waals surface area contributed by atoms with Gasteiger partial charge in [0.05, 0.1) is 6.54 Å². The maximum Gasteiger partial charge on any atom is 0.172 e. The summed E-state index contributed by atoms with van der Waals surface area (Å²) in [6.45, 7) is 8.88. The number of Topliss-reactive ketones (excluding diaryl/α,β-unsaturated/α-hetero) is 1. The first-order valence-electron chi connectivity index (χ1n) is 7.16. The van der Waals surface area contributed by atoms with Crippen molar-refractivity contribution < 1.29 is 9.53 Å². The van der Waals surface area contributed by atoms with E-state index in [1.807, 2.05) is 0 Å². The van der Waals surface area contributed by atoms with E-state index in [1.54, 1.807) is 7.11 Å². The number of ketones is 1. The van der Waals surface area contributed by atoms with Crippen molar-refractivity contribution >= 4 is 11.5 Å². The third kappa shape index (κ3) is 3.58. The van der Waals surface area contributed by atoms with E-state index < -0.39 is 0 Å². The number of hydrogen-bond acceptors (Lipinski definition) is 4. The largest absolute Gasteiger partial charge is 0.377 e. The molecule has 2 rings (SSSR count). The third-order valence-corrected chi connectivity index (χ3v) is 3.99. The van der Waals surface area contributed by atoms with Crippen LogP contribution in [0.5, 0.6) is 0 Å². The first kappa shape index (κ1) is 15.0. The molecule has 1 saturated heterocycles. The minimum Gasteiger partial charge on any atom is -0.377 e. The lowest BCUT2D eigenvalue weighted by Crippen LogP contribution is -2.48. The molecule has 1 heterocycles. The molecule has 4 nitrogen and oxygen atoms in total. The number of rotatable bonds is 5. The van der Waals surface area contributed by atoms with Crippen molar-refractivity contribution in [3.05, 3.63) is 29.3 Å². The summed E-state index contributed by atoms with van der Waals surface area (Å²) >= 11 is 0. The Kier molecular flexibility index (Phi) is 5.15. The monoisotopic (exact) mass is 276 g/mol. The Labute approximate surface area is 121 Å². The van der Waals surface area contributed by atoms with Crippen molar-refractivity contribution in [2.45, 2.75) is 13.8 Å². The second-order valence-electron chi connectivity index (χ2n) is 5.45. The molecule has 20 heavy (non-hydrogen) atoms. The van der Waals surface area contributed by atoms with Gasteiger partial charge in [-0.15, -0.1) is 0 Å². The number of carbonyl (C=O) groups excluding carboxylic acids is 1. The number of carbonyl (C=O) groups is 1. The van der Waals surface area contributed by atoms with Crippen LogP contribution in [-0.4, -0.2) is 57.1 Å². The zero-order valence-corrected chi connectivity index (χ0v) is 12.7. The lowest BCUT2D eigenvalue weighted by atomic mass is 10.1. The zero-order valence-electron chi connectivity index (χ0n) is 12.7. The minimum absolute atomic E-state index is 0.160. The molecule has 0 radical (unpaired) electrons. The number of piperazine rings is 1. The second-order valence-corrected chi connectivity index (χ2v) is 5.45. The summed E-state index contributed by atoms with van der Waals surface area (Å²) in [4.78, 5) is 16.2. The van der Waals surface area contributed by atoms with Crippen LogP contribution in [0.25, 0.3) is 0 Å². The molecule has 0 unspecified atom stereocenters. The van der Waals surface area contributed by atoms with Gasteiger partial charge in [-0.25, -0.2) is 0 Å². The Hall–Kier alpha value is -1.39. The maximum absolute atomic E-state index is 11.6. The molecule has 0 aromatic heterocycles. The van der Waals surface area contributed by atoms with E-state index in [1.165, 1.54) is 16.8 Å². The average Bonchev–Trinajstić information content (AvgIpc) is 2.43. The summed E-state index contributed by atoms with van der Waals surface area (Å²) in [7, 11) is 1.57. The van der Waals surface area contributed by atoms with Gasteiger partial charge in [0.2, 0.25) is 0 Å². The van der Waals surface area contributed by atoms with Crippen molar-refractivity contribution in [1.82, 2.24) is 4.90 Å². The molecule has 0 amide bonds. The molecule has 0 bridgehead atoms. The van der Waals surface area contributed by atoms with E-state index in [0.29, 0.717) is 6.54 Å². The third-order valence-electron chi connectivity index (χ3n) is 3.99. The highest BCUT2D eigenvalue weighted by atomic mass is 16.5. The van der Waals surface area contributed by atoms with Gasteiger partial charge >= 0.3 is 0 Å². The molecule has 1 aliphatic heterocycles. The second kappa shape index (κ2) is 6.86. The van der Waals surface area contributed by atoms with Crippen LogP contribution in [0.1, 0.15) is 11.1 Å². The smallest absolute Gasteiger partial charge is 0.172 e. The summed E-state index contributed by atoms with van der Waals surface area (Å²) in [5.41, 5.74) is 4.02. The van der Waals surface area contributed by atoms with E-state index >= 15 is 0 Å². The Morgan fingerprint density at radius 1 is 1.20 bits per heavy atom. The maximum atomic E-state index is 11.6. The predicted octanol–water partition coefficient (Wildman–Crippen LogP) is 1.64. The number of methoxy groups -OCH3 is 1. The van der Waals surface area contributed by atoms with Gasteiger partial charge in [0, 0.05) is 39.0 Å². The minimum atomic E-state index is 0.160. The lowest BCUT2D eigenvalue weighted by Gasteiger charge is -2.36. The highest BCUT2D eigenvalue weighted by molar-refractivity contribution is 5.81. The standard InChI is InChI=1S/C16H24N2O2/c1-13-5-4-6-16(14(13)2)18-9-7-17(8-10-18)11-15(19)12-20-3/h4-6H,7-12H2,1-3H3. The molecular weight excluding hydrogens is 252 g/mol. The van der Waals surface area contributed by atoms with Gasteiger partial charge in [0.25, 0.3) is 0 Å². The van der Waals surface area contributed by atoms with E-state index in [4.69, 9.17) is 4.74 Å². The van der Waals surface area contributed by atoms with E-state index in [-0.39, 0.29) is 12.4 Å². The summed E-state index contributed by atoms with van der Waals surface area (Å²) in [6.07, 6.45) is 0. The molecule has 110 valence electrons. The summed E-state index contributed by atoms with van der Waals surface area (Å²) in [6, 6.07) is 6.46. The summed E-state index contributed by atoms with van der Waals surface area (Å²) < 4.78 is 4.88. The Morgan fingerprint density at radius 2 is 1.90 bits per heavy atom. The van der Waals surface area contributed by atoms with Crippen molar-refractivity contribution in [2.24, 2.45) is 0 Å². The van der Waals surface area contributed by atoms with Crippen LogP contribution >= 0.6 is 0 Å². The van der Waals surface area contributed by atoms with Crippen molar-refractivity contribution in [1.29, 1.82) is 0 Å². The van der Waals surface area contributed by atoms with Gasteiger partial charge in [-0.1, -0.05) is 12.1 Å². The van der Waals surface area contributed by atoms with E-state index in [2.05, 4.69) is 41.8 Å². The van der Waals surface area contributed by atoms with Crippen LogP contribution in [0.4, 0.5) is 5.69 Å². The Balaban J connectivity index is 1.91. The quantitative estimate of drug-likeness (QED) is 0.818. The first-order chi connectivity index (χ1) is 9.61. The lowest BCUT2D eigenvalue weighted by molar-refractivity contribution is -0.123. The van der Waals surface area contributed by atoms with Gasteiger partial charge in [-0.3, -0.25) is 9.69 Å². The topological polar surface area (TPSA) is 32.8 Å². The van der Waals surface area contributed by atoms with Crippen LogP contribution in [0.2, 0.25) is 0 Å². The van der Waals surface area contributed by atoms with Crippen molar-refractivity contribution in [3.8, 4) is 0 Å². The number of ether oxygens (including phenoxy) is 1. The highest BCUT2D eigenvalue weighted by Crippen LogP contribution is 2.23. The van der Waals surface area contributed by atoms with Crippen LogP contribution < -0.4 is 4.90 Å². The van der Waals surface area contributed by atoms with Crippen molar-refractivity contribution in [3.63, 3.8) is 0 Å². The SMILES string of the molecule is COCC(=O)CN1CCN(c2cccc(C)c2C)CC1. The van der Waals surface area contributed by atoms with Gasteiger partial charge in [0.15, 0.2) is 5.78 Å². The zero-order chi connectivity index (χ0) is 14.5. The van der Waals surface area contributed by atoms with Crippen LogP contribution in [0.3, 0.4) is 0 Å². The molecule has 0 aliphatic carbocycles. The number of nitrogens with zero attached hydrogens (tertiary/aromatic N) is 2. The summed E-state index contributed by atoms with van der Waals surface area (Å²) in [5.74, 6) is 0.160. The van der Waals surface area contributed by atoms with Gasteiger partial charge in [-0.05, 0) is 31.0 Å². The fraction of sp³-hybridized carbons (Fsp3) is 0.562. The molecule has 1 fully saturated rings. The molecule has 4 heteroatoms. The predicted molar refractivity (Wildman–Crippen MR) is 81.5 cm³/mol. The van der Waals surface area contributed by atoms with Gasteiger partial charge < -0.3 is 9.64 Å². The van der Waals surface area contributed by atoms with Crippen LogP contribution in [-0.2, 0) is 9.53 Å². The normalized spacial score (nSPS) is 16.4. The summed E-state index contributed by atoms with van der Waals surface area (Å²) in [5, 5.41) is 0. The molecule has 1 aromatic carbocycles. The number of benzene rings is 1. The van der Waals surface area contributed by atoms with Crippen molar-refractivity contribution in [2.75, 3.05) is 51.3 Å². The molecule has 1 aromatic rings. The first-order valence-corrected chi connectivity index (χ1v) is 7.16. The molecule has 0 saturated carbocycles. The Morgan fingerprint density at radius 3 is 2.55 bits per heavy atom. The molecular formula is C16H24N2O2. The molecule has 0 atom stereocenters. The van der Waals surface area contributed by atoms with E-state index in [0.717, 1.165) is 26.2 Å². The fourth-order valence-electron chi connectivity index (χ4n) is 2.68. The highest BCUT2D eigenvalue weighted by Gasteiger charge is 2.20. The molecule has 0 spiro atoms. The molecule has 0 N–H and O–H groups in total. The van der Waals surface area contributed by atoms with Gasteiger partial charge in [0.1, 0.15) is 6.61 Å². The number of anilines is 1. The van der Waals surface area contributed by atoms with Crippen LogP contribution in [0, 0.1) is 13.8 Å².